The van der Waals surface area contributed by atoms with Gasteiger partial charge in [0.05, 0.1) is 5.69 Å². The molecule has 3 aromatic rings. The highest BCUT2D eigenvalue weighted by Crippen LogP contribution is 2.31. The molecule has 2 aliphatic heterocycles. The molecule has 0 spiro atoms. The molecule has 2 aromatic heterocycles. The van der Waals surface area contributed by atoms with E-state index in [0.29, 0.717) is 12.2 Å². The fraction of sp³-hybridized carbons (Fsp3) is 0.440. The molecule has 1 unspecified atom stereocenters. The first-order valence-corrected chi connectivity index (χ1v) is 11.3. The highest BCUT2D eigenvalue weighted by atomic mass is 19.1. The summed E-state index contributed by atoms with van der Waals surface area (Å²) in [6.07, 6.45) is 6.23. The smallest absolute Gasteiger partial charge is 0.274 e. The SMILES string of the molecule is Cc1cccn2c(CN3CCC(c4ccccc4F)C3)c(C(=O)N3CCCCC3)nc12. The molecular weight excluding hydrogens is 391 g/mol. The van der Waals surface area contributed by atoms with Crippen LogP contribution in [0.4, 0.5) is 4.39 Å². The molecule has 2 fully saturated rings. The number of piperidine rings is 1. The van der Waals surface area contributed by atoms with E-state index in [4.69, 9.17) is 4.98 Å². The number of likely N-dealkylation sites (tertiary alicyclic amines) is 2. The average molecular weight is 421 g/mol. The second-order valence-corrected chi connectivity index (χ2v) is 8.89. The van der Waals surface area contributed by atoms with Crippen molar-refractivity contribution in [3.8, 4) is 0 Å². The number of amides is 1. The number of carbonyl (C=O) groups is 1. The van der Waals surface area contributed by atoms with Gasteiger partial charge >= 0.3 is 0 Å². The van der Waals surface area contributed by atoms with Gasteiger partial charge in [-0.2, -0.15) is 0 Å². The monoisotopic (exact) mass is 420 g/mol. The molecule has 2 aliphatic rings. The molecule has 0 radical (unpaired) electrons. The van der Waals surface area contributed by atoms with E-state index in [1.165, 1.54) is 6.42 Å². The molecule has 1 amide bonds. The van der Waals surface area contributed by atoms with Gasteiger partial charge in [-0.15, -0.1) is 0 Å². The lowest BCUT2D eigenvalue weighted by molar-refractivity contribution is 0.0716. The van der Waals surface area contributed by atoms with Gasteiger partial charge in [-0.1, -0.05) is 24.3 Å². The standard InChI is InChI=1S/C25H29FN4O/c1-18-8-7-14-30-22(23(27-24(18)30)25(31)29-12-5-2-6-13-29)17-28-15-11-19(16-28)20-9-3-4-10-21(20)26/h3-4,7-10,14,19H,2,5-6,11-13,15-17H2,1H3. The molecule has 31 heavy (non-hydrogen) atoms. The van der Waals surface area contributed by atoms with Crippen molar-refractivity contribution in [2.75, 3.05) is 26.2 Å². The van der Waals surface area contributed by atoms with Crippen molar-refractivity contribution in [1.82, 2.24) is 19.2 Å². The number of halogens is 1. The van der Waals surface area contributed by atoms with E-state index in [1.54, 1.807) is 12.1 Å². The Bertz CT molecular complexity index is 1100. The first-order valence-electron chi connectivity index (χ1n) is 11.3. The van der Waals surface area contributed by atoms with Gasteiger partial charge in [0.1, 0.15) is 11.5 Å². The molecule has 1 atom stereocenters. The highest BCUT2D eigenvalue weighted by Gasteiger charge is 2.30. The van der Waals surface area contributed by atoms with Gasteiger partial charge < -0.3 is 9.30 Å². The van der Waals surface area contributed by atoms with Crippen molar-refractivity contribution in [2.24, 2.45) is 0 Å². The van der Waals surface area contributed by atoms with Crippen molar-refractivity contribution in [1.29, 1.82) is 0 Å². The first-order chi connectivity index (χ1) is 15.1. The number of hydrogen-bond acceptors (Lipinski definition) is 3. The van der Waals surface area contributed by atoms with Crippen LogP contribution >= 0.6 is 0 Å². The van der Waals surface area contributed by atoms with Crippen LogP contribution in [0.2, 0.25) is 0 Å². The van der Waals surface area contributed by atoms with E-state index < -0.39 is 0 Å². The Labute approximate surface area is 182 Å². The van der Waals surface area contributed by atoms with Crippen LogP contribution in [0.15, 0.2) is 42.6 Å². The van der Waals surface area contributed by atoms with Crippen molar-refractivity contribution in [2.45, 2.75) is 45.1 Å². The summed E-state index contributed by atoms with van der Waals surface area (Å²) in [5.41, 5.74) is 4.23. The lowest BCUT2D eigenvalue weighted by Gasteiger charge is -2.26. The van der Waals surface area contributed by atoms with Crippen molar-refractivity contribution in [3.05, 3.63) is 70.9 Å². The van der Waals surface area contributed by atoms with Crippen LogP contribution in [0.5, 0.6) is 0 Å². The average Bonchev–Trinajstić information content (AvgIpc) is 3.40. The molecule has 1 aromatic carbocycles. The summed E-state index contributed by atoms with van der Waals surface area (Å²) in [6.45, 7) is 5.97. The third-order valence-electron chi connectivity index (χ3n) is 6.78. The molecule has 0 N–H and O–H groups in total. The molecule has 0 bridgehead atoms. The van der Waals surface area contributed by atoms with Crippen LogP contribution in [-0.4, -0.2) is 51.3 Å². The van der Waals surface area contributed by atoms with Crippen molar-refractivity contribution >= 4 is 11.6 Å². The van der Waals surface area contributed by atoms with Gasteiger partial charge in [0.15, 0.2) is 5.69 Å². The molecule has 0 saturated carbocycles. The molecule has 162 valence electrons. The van der Waals surface area contributed by atoms with Crippen LogP contribution in [0, 0.1) is 12.7 Å². The summed E-state index contributed by atoms with van der Waals surface area (Å²) in [6, 6.07) is 11.1. The maximum absolute atomic E-state index is 14.3. The minimum Gasteiger partial charge on any atom is -0.337 e. The second-order valence-electron chi connectivity index (χ2n) is 8.89. The number of rotatable bonds is 4. The second kappa shape index (κ2) is 8.42. The number of fused-ring (bicyclic) bond motifs is 1. The van der Waals surface area contributed by atoms with Crippen LogP contribution in [0.3, 0.4) is 0 Å². The Morgan fingerprint density at radius 3 is 2.71 bits per heavy atom. The highest BCUT2D eigenvalue weighted by molar-refractivity contribution is 5.94. The van der Waals surface area contributed by atoms with E-state index in [0.717, 1.165) is 67.9 Å². The number of carbonyl (C=O) groups excluding carboxylic acids is 1. The van der Waals surface area contributed by atoms with E-state index >= 15 is 0 Å². The van der Waals surface area contributed by atoms with Crippen molar-refractivity contribution in [3.63, 3.8) is 0 Å². The maximum atomic E-state index is 14.3. The fourth-order valence-electron chi connectivity index (χ4n) is 5.07. The Kier molecular flexibility index (Phi) is 5.48. The molecule has 2 saturated heterocycles. The van der Waals surface area contributed by atoms with E-state index in [-0.39, 0.29) is 17.6 Å². The van der Waals surface area contributed by atoms with Gasteiger partial charge in [0, 0.05) is 38.3 Å². The number of aryl methyl sites for hydroxylation is 1. The molecule has 5 nitrogen and oxygen atoms in total. The Balaban J connectivity index is 1.44. The summed E-state index contributed by atoms with van der Waals surface area (Å²) < 4.78 is 16.4. The van der Waals surface area contributed by atoms with E-state index in [9.17, 15) is 9.18 Å². The topological polar surface area (TPSA) is 40.9 Å². The Hall–Kier alpha value is -2.73. The maximum Gasteiger partial charge on any atom is 0.274 e. The Morgan fingerprint density at radius 2 is 1.90 bits per heavy atom. The van der Waals surface area contributed by atoms with Crippen molar-refractivity contribution < 1.29 is 9.18 Å². The van der Waals surface area contributed by atoms with Crippen LogP contribution in [0.1, 0.15) is 58.9 Å². The molecule has 6 heteroatoms. The van der Waals surface area contributed by atoms with Crippen LogP contribution in [-0.2, 0) is 6.54 Å². The lowest BCUT2D eigenvalue weighted by Crippen LogP contribution is -2.36. The Morgan fingerprint density at radius 1 is 1.10 bits per heavy atom. The van der Waals surface area contributed by atoms with E-state index in [2.05, 4.69) is 9.30 Å². The van der Waals surface area contributed by atoms with Crippen LogP contribution in [0.25, 0.3) is 5.65 Å². The molecule has 5 rings (SSSR count). The van der Waals surface area contributed by atoms with Gasteiger partial charge in [0.2, 0.25) is 0 Å². The molecule has 4 heterocycles. The minimum absolute atomic E-state index is 0.0441. The van der Waals surface area contributed by atoms with Gasteiger partial charge in [-0.25, -0.2) is 9.37 Å². The number of benzene rings is 1. The summed E-state index contributed by atoms with van der Waals surface area (Å²) in [5.74, 6) is 0.103. The predicted molar refractivity (Wildman–Crippen MR) is 119 cm³/mol. The number of imidazole rings is 1. The largest absolute Gasteiger partial charge is 0.337 e. The molecule has 0 aliphatic carbocycles. The van der Waals surface area contributed by atoms with Gasteiger partial charge in [0.25, 0.3) is 5.91 Å². The van der Waals surface area contributed by atoms with E-state index in [1.807, 2.05) is 42.3 Å². The number of aromatic nitrogens is 2. The third kappa shape index (κ3) is 3.85. The number of nitrogens with zero attached hydrogens (tertiary/aromatic N) is 4. The van der Waals surface area contributed by atoms with Gasteiger partial charge in [-0.05, 0) is 62.4 Å². The summed E-state index contributed by atoms with van der Waals surface area (Å²) in [7, 11) is 0. The third-order valence-corrected chi connectivity index (χ3v) is 6.78. The zero-order valence-electron chi connectivity index (χ0n) is 18.1. The summed E-state index contributed by atoms with van der Waals surface area (Å²) in [5, 5.41) is 0. The first kappa shape index (κ1) is 20.2. The zero-order valence-corrected chi connectivity index (χ0v) is 18.1. The normalized spacial score (nSPS) is 19.9. The van der Waals surface area contributed by atoms with Crippen LogP contribution < -0.4 is 0 Å². The summed E-state index contributed by atoms with van der Waals surface area (Å²) in [4.78, 5) is 22.5. The lowest BCUT2D eigenvalue weighted by atomic mass is 9.98. The minimum atomic E-state index is -0.124. The summed E-state index contributed by atoms with van der Waals surface area (Å²) >= 11 is 0. The molecular formula is C25H29FN4O. The number of pyridine rings is 1. The quantitative estimate of drug-likeness (QED) is 0.628. The van der Waals surface area contributed by atoms with Gasteiger partial charge in [-0.3, -0.25) is 9.69 Å². The zero-order chi connectivity index (χ0) is 21.4. The fourth-order valence-corrected chi connectivity index (χ4v) is 5.07. The predicted octanol–water partition coefficient (Wildman–Crippen LogP) is 4.40. The number of hydrogen-bond donors (Lipinski definition) is 0.